The minimum atomic E-state index is -0.0700. The Morgan fingerprint density at radius 2 is 1.63 bits per heavy atom. The Balaban J connectivity index is 2.28. The zero-order valence-electron chi connectivity index (χ0n) is 26.9. The van der Waals surface area contributed by atoms with Crippen molar-refractivity contribution < 1.29 is 0 Å². The second kappa shape index (κ2) is 18.9. The normalized spacial score (nSPS) is 19.0. The van der Waals surface area contributed by atoms with Gasteiger partial charge in [-0.25, -0.2) is 0 Å². The van der Waals surface area contributed by atoms with Gasteiger partial charge in [0.2, 0.25) is 0 Å². The summed E-state index contributed by atoms with van der Waals surface area (Å²) in [6.45, 7) is 20.9. The zero-order chi connectivity index (χ0) is 31.5. The average molecular weight is 570 g/mol. The minimum absolute atomic E-state index is 0.0700. The molecule has 0 unspecified atom stereocenters. The van der Waals surface area contributed by atoms with E-state index < -0.39 is 0 Å². The molecule has 224 valence electrons. The van der Waals surface area contributed by atoms with Crippen LogP contribution in [-0.4, -0.2) is 0 Å². The summed E-state index contributed by atoms with van der Waals surface area (Å²) in [7, 11) is 0. The van der Waals surface area contributed by atoms with Gasteiger partial charge in [0.15, 0.2) is 0 Å². The van der Waals surface area contributed by atoms with Crippen molar-refractivity contribution in [1.29, 1.82) is 0 Å². The van der Waals surface area contributed by atoms with E-state index in [0.29, 0.717) is 0 Å². The van der Waals surface area contributed by atoms with Gasteiger partial charge in [-0.2, -0.15) is 0 Å². The Morgan fingerprint density at radius 3 is 2.28 bits per heavy atom. The molecule has 2 N–H and O–H groups in total. The van der Waals surface area contributed by atoms with Crippen LogP contribution in [0, 0.1) is 0 Å². The molecule has 0 amide bonds. The smallest absolute Gasteiger partial charge is 0.0251 e. The van der Waals surface area contributed by atoms with E-state index in [2.05, 4.69) is 132 Å². The highest BCUT2D eigenvalue weighted by molar-refractivity contribution is 5.43. The van der Waals surface area contributed by atoms with E-state index in [1.807, 2.05) is 37.3 Å². The van der Waals surface area contributed by atoms with E-state index in [1.165, 1.54) is 33.4 Å². The maximum atomic E-state index is 6.29. The third-order valence-corrected chi connectivity index (χ3v) is 7.82. The van der Waals surface area contributed by atoms with Crippen molar-refractivity contribution in [3.63, 3.8) is 0 Å². The van der Waals surface area contributed by atoms with Gasteiger partial charge in [-0.1, -0.05) is 170 Å². The monoisotopic (exact) mass is 569 g/mol. The quantitative estimate of drug-likeness (QED) is 0.155. The van der Waals surface area contributed by atoms with Gasteiger partial charge in [-0.05, 0) is 70.1 Å². The Hall–Kier alpha value is -4.36. The van der Waals surface area contributed by atoms with Gasteiger partial charge in [0, 0.05) is 17.5 Å². The summed E-state index contributed by atoms with van der Waals surface area (Å²) in [5.41, 5.74) is 15.9. The van der Waals surface area contributed by atoms with Gasteiger partial charge < -0.3 is 5.73 Å². The average Bonchev–Trinajstić information content (AvgIpc) is 3.42. The SMILES string of the molecule is C=C/C=C\C=C/C(=C)/C=C\C(C)=C(/C/C=C\C=C(\C)[C@]1(c2ccccc2)CC=C(N)C1)CC(=C)CC(/C=C\C=C/C)=C\C. The maximum absolute atomic E-state index is 6.29. The number of rotatable bonds is 16. The molecule has 1 aromatic carbocycles. The van der Waals surface area contributed by atoms with Crippen LogP contribution in [0.5, 0.6) is 0 Å². The Morgan fingerprint density at radius 1 is 0.884 bits per heavy atom. The third kappa shape index (κ3) is 11.8. The number of nitrogens with two attached hydrogens (primary N) is 1. The van der Waals surface area contributed by atoms with Gasteiger partial charge in [0.1, 0.15) is 0 Å². The molecule has 0 saturated carbocycles. The van der Waals surface area contributed by atoms with Crippen LogP contribution < -0.4 is 5.73 Å². The van der Waals surface area contributed by atoms with Gasteiger partial charge in [-0.3, -0.25) is 0 Å². The van der Waals surface area contributed by atoms with Crippen molar-refractivity contribution in [1.82, 2.24) is 0 Å². The molecule has 2 rings (SSSR count). The van der Waals surface area contributed by atoms with Crippen LogP contribution in [0.15, 0.2) is 186 Å². The summed E-state index contributed by atoms with van der Waals surface area (Å²) in [5.74, 6) is 0. The Bertz CT molecular complexity index is 1410. The van der Waals surface area contributed by atoms with Crippen molar-refractivity contribution in [2.45, 2.75) is 65.2 Å². The highest BCUT2D eigenvalue weighted by atomic mass is 14.6. The van der Waals surface area contributed by atoms with Crippen molar-refractivity contribution >= 4 is 0 Å². The predicted octanol–water partition coefficient (Wildman–Crippen LogP) is 11.6. The largest absolute Gasteiger partial charge is 0.402 e. The molecule has 0 bridgehead atoms. The van der Waals surface area contributed by atoms with E-state index in [-0.39, 0.29) is 5.41 Å². The van der Waals surface area contributed by atoms with E-state index in [1.54, 1.807) is 6.08 Å². The summed E-state index contributed by atoms with van der Waals surface area (Å²) in [4.78, 5) is 0. The lowest BCUT2D eigenvalue weighted by Crippen LogP contribution is -2.25. The Kier molecular flexibility index (Phi) is 15.4. The molecule has 0 saturated heterocycles. The first-order chi connectivity index (χ1) is 20.7. The standard InChI is InChI=1S/C42H51N/c1-8-11-13-16-21-34(4)27-28-36(6)39(32-35(5)31-38(10-3)23-15-12-9-2)24-20-19-22-37(7)42(30-29-41(43)33-42)40-25-17-14-18-26-40/h8-23,25-29H,1,4-5,24,30-33,43H2,2-3,6-7H3/b12-9-,13-11-,20-19-,21-16-,23-15-,28-27-,37-22-,38-10-,39-36+/t42-/m0/s1. The molecule has 0 heterocycles. The van der Waals surface area contributed by atoms with Crippen LogP contribution >= 0.6 is 0 Å². The molecule has 1 aromatic rings. The Labute approximate surface area is 262 Å². The summed E-state index contributed by atoms with van der Waals surface area (Å²) >= 11 is 0. The lowest BCUT2D eigenvalue weighted by atomic mass is 9.72. The molecule has 0 fully saturated rings. The molecular weight excluding hydrogens is 518 g/mol. The first-order valence-electron chi connectivity index (χ1n) is 15.2. The first kappa shape index (κ1) is 34.8. The van der Waals surface area contributed by atoms with Crippen LogP contribution in [-0.2, 0) is 5.41 Å². The topological polar surface area (TPSA) is 26.0 Å². The van der Waals surface area contributed by atoms with Crippen LogP contribution in [0.2, 0.25) is 0 Å². The summed E-state index contributed by atoms with van der Waals surface area (Å²) in [5, 5.41) is 0. The fourth-order valence-corrected chi connectivity index (χ4v) is 5.19. The molecule has 1 aliphatic carbocycles. The summed E-state index contributed by atoms with van der Waals surface area (Å²) in [6.07, 6.45) is 37.6. The van der Waals surface area contributed by atoms with E-state index in [4.69, 9.17) is 5.73 Å². The molecule has 0 aliphatic heterocycles. The lowest BCUT2D eigenvalue weighted by Gasteiger charge is -2.31. The van der Waals surface area contributed by atoms with E-state index in [9.17, 15) is 0 Å². The molecule has 1 heteroatoms. The highest BCUT2D eigenvalue weighted by Crippen LogP contribution is 2.44. The van der Waals surface area contributed by atoms with E-state index >= 15 is 0 Å². The van der Waals surface area contributed by atoms with E-state index in [0.717, 1.165) is 43.4 Å². The molecule has 1 nitrogen and oxygen atoms in total. The fraction of sp³-hybridized carbons (Fsp3) is 0.238. The lowest BCUT2D eigenvalue weighted by molar-refractivity contribution is 0.534. The second-order valence-corrected chi connectivity index (χ2v) is 11.1. The van der Waals surface area contributed by atoms with Crippen molar-refractivity contribution in [2.75, 3.05) is 0 Å². The number of hydrogen-bond acceptors (Lipinski definition) is 1. The molecule has 43 heavy (non-hydrogen) atoms. The van der Waals surface area contributed by atoms with Crippen LogP contribution in [0.1, 0.15) is 65.4 Å². The molecule has 1 aliphatic rings. The molecule has 0 radical (unpaired) electrons. The van der Waals surface area contributed by atoms with Crippen molar-refractivity contribution in [3.05, 3.63) is 192 Å². The predicted molar refractivity (Wildman–Crippen MR) is 193 cm³/mol. The maximum Gasteiger partial charge on any atom is 0.0251 e. The fourth-order valence-electron chi connectivity index (χ4n) is 5.19. The third-order valence-electron chi connectivity index (χ3n) is 7.82. The highest BCUT2D eigenvalue weighted by Gasteiger charge is 2.36. The summed E-state index contributed by atoms with van der Waals surface area (Å²) in [6, 6.07) is 10.8. The second-order valence-electron chi connectivity index (χ2n) is 11.1. The van der Waals surface area contributed by atoms with Gasteiger partial charge >= 0.3 is 0 Å². The number of benzene rings is 1. The van der Waals surface area contributed by atoms with Gasteiger partial charge in [0.25, 0.3) is 0 Å². The molecular formula is C42H51N. The van der Waals surface area contributed by atoms with Gasteiger partial charge in [0.05, 0.1) is 0 Å². The molecule has 1 atom stereocenters. The minimum Gasteiger partial charge on any atom is -0.402 e. The van der Waals surface area contributed by atoms with Crippen LogP contribution in [0.3, 0.4) is 0 Å². The van der Waals surface area contributed by atoms with Crippen molar-refractivity contribution in [3.8, 4) is 0 Å². The van der Waals surface area contributed by atoms with Crippen molar-refractivity contribution in [2.24, 2.45) is 5.73 Å². The van der Waals surface area contributed by atoms with Gasteiger partial charge in [-0.15, -0.1) is 0 Å². The number of allylic oxidation sites excluding steroid dienone is 23. The summed E-state index contributed by atoms with van der Waals surface area (Å²) < 4.78 is 0. The molecule has 0 spiro atoms. The zero-order valence-corrected chi connectivity index (χ0v) is 26.9. The molecule has 0 aromatic heterocycles. The van der Waals surface area contributed by atoms with Crippen LogP contribution in [0.4, 0.5) is 0 Å². The first-order valence-corrected chi connectivity index (χ1v) is 15.2. The number of hydrogen-bond donors (Lipinski definition) is 1. The van der Waals surface area contributed by atoms with Crippen LogP contribution in [0.25, 0.3) is 0 Å².